The van der Waals surface area contributed by atoms with Crippen molar-refractivity contribution in [3.63, 3.8) is 0 Å². The third-order valence-corrected chi connectivity index (χ3v) is 7.17. The third kappa shape index (κ3) is 6.01. The first-order valence-corrected chi connectivity index (χ1v) is 12.0. The lowest BCUT2D eigenvalue weighted by atomic mass is 10.2. The smallest absolute Gasteiger partial charge is 0.323 e. The van der Waals surface area contributed by atoms with Crippen LogP contribution in [0.4, 0.5) is 26.2 Å². The van der Waals surface area contributed by atoms with Gasteiger partial charge in [-0.05, 0) is 67.1 Å². The summed E-state index contributed by atoms with van der Waals surface area (Å²) in [5.41, 5.74) is 3.36. The number of amides is 3. The first-order chi connectivity index (χ1) is 15.9. The second-order valence-electron chi connectivity index (χ2n) is 7.00. The number of hydrogen-bond acceptors (Lipinski definition) is 5. The topological polar surface area (TPSA) is 83.1 Å². The molecule has 0 saturated carbocycles. The maximum absolute atomic E-state index is 13.0. The highest BCUT2D eigenvalue weighted by molar-refractivity contribution is 8.01. The maximum Gasteiger partial charge on any atom is 0.323 e. The summed E-state index contributed by atoms with van der Waals surface area (Å²) in [6.45, 7) is 1.83. The van der Waals surface area contributed by atoms with Gasteiger partial charge in [0.15, 0.2) is 4.34 Å². The predicted molar refractivity (Wildman–Crippen MR) is 134 cm³/mol. The van der Waals surface area contributed by atoms with E-state index in [0.29, 0.717) is 22.1 Å². The zero-order chi connectivity index (χ0) is 23.4. The number of aromatic nitrogens is 1. The van der Waals surface area contributed by atoms with Crippen molar-refractivity contribution in [2.75, 3.05) is 21.7 Å². The lowest BCUT2D eigenvalue weighted by Crippen LogP contribution is -2.19. The van der Waals surface area contributed by atoms with E-state index in [1.54, 1.807) is 24.3 Å². The Hall–Kier alpha value is -3.14. The average Bonchev–Trinajstić information content (AvgIpc) is 3.19. The van der Waals surface area contributed by atoms with Gasteiger partial charge in [-0.3, -0.25) is 4.79 Å². The zero-order valence-corrected chi connectivity index (χ0v) is 19.7. The van der Waals surface area contributed by atoms with Gasteiger partial charge in [0, 0.05) is 22.1 Å². The van der Waals surface area contributed by atoms with Crippen molar-refractivity contribution < 1.29 is 14.0 Å². The molecule has 4 aromatic rings. The summed E-state index contributed by atoms with van der Waals surface area (Å²) in [6, 6.07) is 15.9. The van der Waals surface area contributed by atoms with Crippen molar-refractivity contribution in [1.29, 1.82) is 0 Å². The molecule has 0 aliphatic heterocycles. The van der Waals surface area contributed by atoms with E-state index in [4.69, 9.17) is 11.6 Å². The highest BCUT2D eigenvalue weighted by Crippen LogP contribution is 2.31. The van der Waals surface area contributed by atoms with Crippen molar-refractivity contribution >= 4 is 73.9 Å². The van der Waals surface area contributed by atoms with E-state index < -0.39 is 0 Å². The molecule has 0 aliphatic rings. The molecule has 168 valence electrons. The number of thiazole rings is 1. The number of anilines is 3. The molecule has 0 unspecified atom stereocenters. The van der Waals surface area contributed by atoms with Gasteiger partial charge < -0.3 is 16.0 Å². The summed E-state index contributed by atoms with van der Waals surface area (Å²) in [7, 11) is 0. The number of carbonyl (C=O) groups is 2. The van der Waals surface area contributed by atoms with Gasteiger partial charge in [0.2, 0.25) is 5.91 Å². The van der Waals surface area contributed by atoms with Crippen LogP contribution in [0.2, 0.25) is 5.02 Å². The van der Waals surface area contributed by atoms with Crippen molar-refractivity contribution in [3.05, 3.63) is 77.1 Å². The molecule has 3 aromatic carbocycles. The number of fused-ring (bicyclic) bond motifs is 1. The van der Waals surface area contributed by atoms with Crippen LogP contribution in [0.15, 0.2) is 65.0 Å². The third-order valence-electron chi connectivity index (χ3n) is 4.60. The molecule has 4 rings (SSSR count). The summed E-state index contributed by atoms with van der Waals surface area (Å²) in [5.74, 6) is -0.395. The van der Waals surface area contributed by atoms with Gasteiger partial charge in [-0.2, -0.15) is 0 Å². The van der Waals surface area contributed by atoms with Gasteiger partial charge in [-0.15, -0.1) is 11.3 Å². The molecule has 0 atom stereocenters. The monoisotopic (exact) mass is 500 g/mol. The molecule has 0 radical (unpaired) electrons. The molecule has 1 heterocycles. The number of urea groups is 1. The van der Waals surface area contributed by atoms with Crippen LogP contribution in [0, 0.1) is 12.7 Å². The first kappa shape index (κ1) is 23.0. The van der Waals surface area contributed by atoms with Crippen molar-refractivity contribution in [2.45, 2.75) is 11.3 Å². The fraction of sp³-hybridized carbons (Fsp3) is 0.0870. The number of benzene rings is 3. The molecule has 0 bridgehead atoms. The molecule has 10 heteroatoms. The minimum atomic E-state index is -0.378. The van der Waals surface area contributed by atoms with Gasteiger partial charge in [-0.1, -0.05) is 29.4 Å². The van der Waals surface area contributed by atoms with Crippen LogP contribution in [0.1, 0.15) is 5.56 Å². The number of nitrogens with zero attached hydrogens (tertiary/aromatic N) is 1. The second-order valence-corrected chi connectivity index (χ2v) is 9.66. The number of nitrogens with one attached hydrogen (secondary N) is 3. The maximum atomic E-state index is 13.0. The minimum Gasteiger partial charge on any atom is -0.325 e. The van der Waals surface area contributed by atoms with Crippen molar-refractivity contribution in [3.8, 4) is 0 Å². The number of hydrogen-bond donors (Lipinski definition) is 3. The summed E-state index contributed by atoms with van der Waals surface area (Å²) < 4.78 is 14.6. The van der Waals surface area contributed by atoms with Crippen LogP contribution in [-0.2, 0) is 4.79 Å². The fourth-order valence-corrected chi connectivity index (χ4v) is 5.01. The molecule has 0 aliphatic carbocycles. The number of halogens is 2. The van der Waals surface area contributed by atoms with Gasteiger partial charge in [0.1, 0.15) is 5.82 Å². The van der Waals surface area contributed by atoms with Crippen LogP contribution >= 0.6 is 34.7 Å². The van der Waals surface area contributed by atoms with Gasteiger partial charge in [0.05, 0.1) is 16.0 Å². The molecule has 0 fully saturated rings. The van der Waals surface area contributed by atoms with Crippen LogP contribution in [-0.4, -0.2) is 22.7 Å². The lowest BCUT2D eigenvalue weighted by Gasteiger charge is -2.10. The van der Waals surface area contributed by atoms with Crippen molar-refractivity contribution in [1.82, 2.24) is 4.98 Å². The van der Waals surface area contributed by atoms with E-state index in [-0.39, 0.29) is 23.5 Å². The summed E-state index contributed by atoms with van der Waals surface area (Å²) in [6.07, 6.45) is 0. The molecule has 0 saturated heterocycles. The van der Waals surface area contributed by atoms with E-state index in [1.165, 1.54) is 47.4 Å². The van der Waals surface area contributed by atoms with E-state index in [9.17, 15) is 14.0 Å². The molecule has 6 nitrogen and oxygen atoms in total. The number of rotatable bonds is 6. The Morgan fingerprint density at radius 1 is 1.03 bits per heavy atom. The standard InChI is InChI=1S/C23H18ClFN4O2S2/c1-13-17(24)3-2-4-18(13)28-22(31)27-16-9-10-19-20(11-16)33-23(29-19)32-12-21(30)26-15-7-5-14(25)6-8-15/h2-11H,12H2,1H3,(H,26,30)(H2,27,28,31). The zero-order valence-electron chi connectivity index (χ0n) is 17.3. The van der Waals surface area contributed by atoms with Gasteiger partial charge in [0.25, 0.3) is 0 Å². The SMILES string of the molecule is Cc1c(Cl)cccc1NC(=O)Nc1ccc2nc(SCC(=O)Nc3ccc(F)cc3)sc2c1. The van der Waals surface area contributed by atoms with Crippen LogP contribution in [0.25, 0.3) is 10.2 Å². The van der Waals surface area contributed by atoms with Crippen LogP contribution in [0.3, 0.4) is 0 Å². The Bertz CT molecular complexity index is 1330. The van der Waals surface area contributed by atoms with Gasteiger partial charge >= 0.3 is 6.03 Å². The van der Waals surface area contributed by atoms with E-state index in [1.807, 2.05) is 19.1 Å². The fourth-order valence-electron chi connectivity index (χ4n) is 2.93. The highest BCUT2D eigenvalue weighted by Gasteiger charge is 2.11. The Morgan fingerprint density at radius 2 is 1.79 bits per heavy atom. The average molecular weight is 501 g/mol. The molecular weight excluding hydrogens is 483 g/mol. The number of carbonyl (C=O) groups excluding carboxylic acids is 2. The second kappa shape index (κ2) is 10.2. The Balaban J connectivity index is 1.35. The molecule has 1 aromatic heterocycles. The Labute approximate surface area is 202 Å². The summed E-state index contributed by atoms with van der Waals surface area (Å²) >= 11 is 8.84. The number of thioether (sulfide) groups is 1. The molecule has 3 N–H and O–H groups in total. The van der Waals surface area contributed by atoms with E-state index >= 15 is 0 Å². The molecule has 3 amide bonds. The van der Waals surface area contributed by atoms with E-state index in [2.05, 4.69) is 20.9 Å². The normalized spacial score (nSPS) is 10.8. The lowest BCUT2D eigenvalue weighted by molar-refractivity contribution is -0.113. The molecule has 33 heavy (non-hydrogen) atoms. The van der Waals surface area contributed by atoms with Crippen LogP contribution in [0.5, 0.6) is 0 Å². The minimum absolute atomic E-state index is 0.170. The molecular formula is C23H18ClFN4O2S2. The summed E-state index contributed by atoms with van der Waals surface area (Å²) in [4.78, 5) is 29.1. The predicted octanol–water partition coefficient (Wildman–Crippen LogP) is 6.77. The van der Waals surface area contributed by atoms with Crippen LogP contribution < -0.4 is 16.0 Å². The largest absolute Gasteiger partial charge is 0.325 e. The Morgan fingerprint density at radius 3 is 2.58 bits per heavy atom. The Kier molecular flexibility index (Phi) is 7.12. The van der Waals surface area contributed by atoms with Crippen molar-refractivity contribution in [2.24, 2.45) is 0 Å². The van der Waals surface area contributed by atoms with E-state index in [0.717, 1.165) is 20.1 Å². The highest BCUT2D eigenvalue weighted by atomic mass is 35.5. The summed E-state index contributed by atoms with van der Waals surface area (Å²) in [5, 5.41) is 8.90. The molecule has 0 spiro atoms. The quantitative estimate of drug-likeness (QED) is 0.255. The first-order valence-electron chi connectivity index (χ1n) is 9.79. The van der Waals surface area contributed by atoms with Gasteiger partial charge in [-0.25, -0.2) is 14.2 Å².